The molecule has 1 saturated heterocycles. The zero-order valence-electron chi connectivity index (χ0n) is 14.8. The van der Waals surface area contributed by atoms with Gasteiger partial charge in [0.05, 0.1) is 17.4 Å². The molecule has 1 atom stereocenters. The first-order valence-corrected chi connectivity index (χ1v) is 10.5. The Kier molecular flexibility index (Phi) is 5.31. The van der Waals surface area contributed by atoms with Gasteiger partial charge >= 0.3 is 0 Å². The maximum atomic E-state index is 12.8. The molecular weight excluding hydrogens is 348 g/mol. The fourth-order valence-corrected chi connectivity index (χ4v) is 4.68. The van der Waals surface area contributed by atoms with Crippen LogP contribution in [-0.2, 0) is 28.2 Å². The van der Waals surface area contributed by atoms with Crippen LogP contribution in [0.2, 0.25) is 0 Å². The van der Waals surface area contributed by atoms with Gasteiger partial charge in [-0.15, -0.1) is 11.8 Å². The molecule has 0 aliphatic carbocycles. The summed E-state index contributed by atoms with van der Waals surface area (Å²) in [4.78, 5) is 24.8. The van der Waals surface area contributed by atoms with Crippen LogP contribution in [0, 0.1) is 0 Å². The molecule has 4 rings (SSSR count). The highest BCUT2D eigenvalue weighted by Crippen LogP contribution is 2.25. The molecule has 0 unspecified atom stereocenters. The van der Waals surface area contributed by atoms with Crippen LogP contribution < -0.4 is 10.9 Å². The van der Waals surface area contributed by atoms with Crippen molar-refractivity contribution in [3.8, 4) is 0 Å². The molecule has 1 aromatic carbocycles. The molecule has 2 aliphatic rings. The van der Waals surface area contributed by atoms with Gasteiger partial charge in [0.2, 0.25) is 5.91 Å². The topological polar surface area (TPSA) is 60.3 Å². The van der Waals surface area contributed by atoms with Crippen LogP contribution in [0.4, 0.5) is 0 Å². The molecule has 2 aliphatic heterocycles. The lowest BCUT2D eigenvalue weighted by Crippen LogP contribution is -2.33. The highest BCUT2D eigenvalue weighted by molar-refractivity contribution is 7.99. The van der Waals surface area contributed by atoms with E-state index in [1.807, 2.05) is 10.6 Å². The minimum atomic E-state index is 0.00928. The fourth-order valence-electron chi connectivity index (χ4n) is 3.87. The number of hydrogen-bond acceptors (Lipinski definition) is 4. The predicted octanol–water partition coefficient (Wildman–Crippen LogP) is 2.48. The quantitative estimate of drug-likeness (QED) is 0.846. The number of carbonyl (C=O) groups is 1. The van der Waals surface area contributed by atoms with Crippen LogP contribution in [-0.4, -0.2) is 35.5 Å². The van der Waals surface area contributed by atoms with Crippen LogP contribution in [0.5, 0.6) is 0 Å². The Labute approximate surface area is 157 Å². The van der Waals surface area contributed by atoms with Crippen molar-refractivity contribution < 1.29 is 9.53 Å². The second-order valence-electron chi connectivity index (χ2n) is 7.02. The van der Waals surface area contributed by atoms with Gasteiger partial charge in [-0.1, -0.05) is 18.2 Å². The highest BCUT2D eigenvalue weighted by atomic mass is 32.2. The van der Waals surface area contributed by atoms with Crippen LogP contribution in [0.15, 0.2) is 29.1 Å². The van der Waals surface area contributed by atoms with E-state index in [0.717, 1.165) is 55.3 Å². The van der Waals surface area contributed by atoms with Crippen molar-refractivity contribution in [2.24, 2.45) is 0 Å². The normalized spacial score (nSPS) is 19.0. The van der Waals surface area contributed by atoms with Crippen molar-refractivity contribution in [1.82, 2.24) is 9.88 Å². The van der Waals surface area contributed by atoms with Gasteiger partial charge in [0.1, 0.15) is 0 Å². The molecule has 1 fully saturated rings. The number of nitrogens with one attached hydrogen (secondary N) is 1. The summed E-state index contributed by atoms with van der Waals surface area (Å²) in [6.07, 6.45) is 4.30. The number of amides is 1. The van der Waals surface area contributed by atoms with Gasteiger partial charge in [-0.2, -0.15) is 0 Å². The van der Waals surface area contributed by atoms with Gasteiger partial charge in [-0.05, 0) is 42.7 Å². The largest absolute Gasteiger partial charge is 0.376 e. The lowest BCUT2D eigenvalue weighted by molar-refractivity contribution is -0.119. The summed E-state index contributed by atoms with van der Waals surface area (Å²) in [7, 11) is 0. The number of ether oxygens (including phenoxy) is 1. The van der Waals surface area contributed by atoms with Crippen LogP contribution >= 0.6 is 11.8 Å². The zero-order chi connectivity index (χ0) is 17.9. The molecule has 0 saturated carbocycles. The Morgan fingerprint density at radius 1 is 1.35 bits per heavy atom. The first-order valence-electron chi connectivity index (χ1n) is 9.33. The van der Waals surface area contributed by atoms with Gasteiger partial charge in [0, 0.05) is 31.0 Å². The van der Waals surface area contributed by atoms with E-state index in [1.54, 1.807) is 0 Å². The third-order valence-electron chi connectivity index (χ3n) is 5.14. The molecule has 0 radical (unpaired) electrons. The third-order valence-corrected chi connectivity index (χ3v) is 6.12. The maximum Gasteiger partial charge on any atom is 0.255 e. The zero-order valence-corrected chi connectivity index (χ0v) is 15.6. The Balaban J connectivity index is 1.39. The van der Waals surface area contributed by atoms with E-state index in [1.165, 1.54) is 17.3 Å². The van der Waals surface area contributed by atoms with Crippen LogP contribution in [0.25, 0.3) is 10.9 Å². The number of aryl methyl sites for hydroxylation is 2. The Bertz CT molecular complexity index is 871. The molecule has 26 heavy (non-hydrogen) atoms. The van der Waals surface area contributed by atoms with Crippen molar-refractivity contribution in [3.63, 3.8) is 0 Å². The number of hydrogen-bond donors (Lipinski definition) is 1. The van der Waals surface area contributed by atoms with Crippen molar-refractivity contribution in [3.05, 3.63) is 45.7 Å². The number of para-hydroxylation sites is 1. The molecule has 1 amide bonds. The van der Waals surface area contributed by atoms with Crippen LogP contribution in [0.3, 0.4) is 0 Å². The summed E-state index contributed by atoms with van der Waals surface area (Å²) in [5.74, 6) is 0.936. The highest BCUT2D eigenvalue weighted by Gasteiger charge is 2.17. The minimum absolute atomic E-state index is 0.00928. The third kappa shape index (κ3) is 3.67. The fraction of sp³-hybridized carbons (Fsp3) is 0.500. The summed E-state index contributed by atoms with van der Waals surface area (Å²) in [5.41, 5.74) is 3.23. The summed E-state index contributed by atoms with van der Waals surface area (Å²) >= 11 is 1.49. The van der Waals surface area contributed by atoms with Crippen molar-refractivity contribution >= 4 is 28.6 Å². The Morgan fingerprint density at radius 3 is 3.12 bits per heavy atom. The summed E-state index contributed by atoms with van der Waals surface area (Å²) in [5, 5.41) is 4.05. The van der Waals surface area contributed by atoms with E-state index in [4.69, 9.17) is 4.74 Å². The maximum absolute atomic E-state index is 12.8. The molecule has 0 bridgehead atoms. The average Bonchev–Trinajstić information content (AvgIpc) is 3.17. The second-order valence-corrected chi connectivity index (χ2v) is 8.00. The summed E-state index contributed by atoms with van der Waals surface area (Å²) < 4.78 is 7.43. The van der Waals surface area contributed by atoms with Gasteiger partial charge < -0.3 is 14.6 Å². The minimum Gasteiger partial charge on any atom is -0.376 e. The van der Waals surface area contributed by atoms with Crippen molar-refractivity contribution in [1.29, 1.82) is 0 Å². The molecule has 0 spiro atoms. The molecular formula is C20H24N2O3S. The second kappa shape index (κ2) is 7.84. The SMILES string of the molecule is O=C(CSCc1cc2cccc3c2n(c1=O)CCC3)NC[C@@H]1CCCO1. The molecule has 5 nitrogen and oxygen atoms in total. The number of benzene rings is 1. The van der Waals surface area contributed by atoms with Crippen molar-refractivity contribution in [2.75, 3.05) is 18.9 Å². The monoisotopic (exact) mass is 372 g/mol. The lowest BCUT2D eigenvalue weighted by atomic mass is 10.0. The number of carbonyl (C=O) groups excluding carboxylic acids is 1. The summed E-state index contributed by atoms with van der Waals surface area (Å²) in [6.45, 7) is 2.17. The molecule has 6 heteroatoms. The first-order chi connectivity index (χ1) is 12.7. The predicted molar refractivity (Wildman–Crippen MR) is 105 cm³/mol. The van der Waals surface area contributed by atoms with Crippen LogP contribution in [0.1, 0.15) is 30.4 Å². The lowest BCUT2D eigenvalue weighted by Gasteiger charge is -2.20. The Morgan fingerprint density at radius 2 is 2.27 bits per heavy atom. The smallest absolute Gasteiger partial charge is 0.255 e. The number of nitrogens with zero attached hydrogens (tertiary/aromatic N) is 1. The number of thioether (sulfide) groups is 1. The van der Waals surface area contributed by atoms with E-state index < -0.39 is 0 Å². The van der Waals surface area contributed by atoms with E-state index in [2.05, 4.69) is 23.5 Å². The van der Waals surface area contributed by atoms with Gasteiger partial charge in [-0.25, -0.2) is 0 Å². The first kappa shape index (κ1) is 17.6. The van der Waals surface area contributed by atoms with E-state index in [-0.39, 0.29) is 17.6 Å². The van der Waals surface area contributed by atoms with E-state index in [9.17, 15) is 9.59 Å². The van der Waals surface area contributed by atoms with Gasteiger partial charge in [-0.3, -0.25) is 9.59 Å². The van der Waals surface area contributed by atoms with Crippen molar-refractivity contribution in [2.45, 2.75) is 44.1 Å². The number of pyridine rings is 1. The molecule has 3 heterocycles. The number of rotatable bonds is 6. The molecule has 1 N–H and O–H groups in total. The molecule has 2 aromatic rings. The van der Waals surface area contributed by atoms with Gasteiger partial charge in [0.15, 0.2) is 0 Å². The standard InChI is InChI=1S/C20H24N2O3S/c23-18(21-11-17-7-3-9-25-17)13-26-12-16-10-15-5-1-4-14-6-2-8-22(19(14)15)20(16)24/h1,4-5,10,17H,2-3,6-9,11-13H2,(H,21,23)/t17-/m0/s1. The van der Waals surface area contributed by atoms with Gasteiger partial charge in [0.25, 0.3) is 5.56 Å². The number of aromatic nitrogens is 1. The summed E-state index contributed by atoms with van der Waals surface area (Å²) in [6, 6.07) is 8.25. The molecule has 1 aromatic heterocycles. The van der Waals surface area contributed by atoms with E-state index >= 15 is 0 Å². The molecule has 138 valence electrons. The average molecular weight is 372 g/mol. The Hall–Kier alpha value is -1.79. The van der Waals surface area contributed by atoms with E-state index in [0.29, 0.717) is 18.1 Å².